The van der Waals surface area contributed by atoms with Gasteiger partial charge in [-0.2, -0.15) is 0 Å². The fourth-order valence-electron chi connectivity index (χ4n) is 8.43. The fraction of sp³-hybridized carbons (Fsp3) is 0.200. The minimum absolute atomic E-state index is 0.0115. The highest BCUT2D eigenvalue weighted by Gasteiger charge is 2.25. The van der Waals surface area contributed by atoms with Crippen LogP contribution in [0.2, 0.25) is 0 Å². The van der Waals surface area contributed by atoms with Gasteiger partial charge in [0.15, 0.2) is 0 Å². The Hall–Kier alpha value is -7.24. The first kappa shape index (κ1) is 33.3. The number of pyridine rings is 1. The summed E-state index contributed by atoms with van der Waals surface area (Å²) in [5.41, 5.74) is 6.04. The van der Waals surface area contributed by atoms with E-state index in [1.54, 1.807) is 22.8 Å². The molecule has 3 heterocycles. The number of ether oxygens (including phenoxy) is 1. The summed E-state index contributed by atoms with van der Waals surface area (Å²) in [5.74, 6) is 1.99. The molecule has 0 bridgehead atoms. The van der Waals surface area contributed by atoms with Gasteiger partial charge in [0.2, 0.25) is 0 Å². The number of aromatic nitrogens is 4. The van der Waals surface area contributed by atoms with Crippen molar-refractivity contribution in [2.45, 2.75) is 78.6 Å². The Morgan fingerprint density at radius 2 is 1.18 bits per heavy atom. The van der Waals surface area contributed by atoms with Crippen LogP contribution in [-0.4, -0.2) is 14.1 Å². The average molecular weight is 857 g/mol. The van der Waals surface area contributed by atoms with Crippen LogP contribution in [0.3, 0.4) is 0 Å². The van der Waals surface area contributed by atoms with Crippen molar-refractivity contribution >= 4 is 32.8 Å². The number of imidazole rings is 1. The maximum Gasteiger partial charge on any atom is 0.269 e. The van der Waals surface area contributed by atoms with E-state index in [0.717, 1.165) is 33.1 Å². The number of fused-ring (bicyclic) bond motifs is 4. The van der Waals surface area contributed by atoms with Crippen LogP contribution >= 0.6 is 0 Å². The van der Waals surface area contributed by atoms with Crippen LogP contribution < -0.4 is 9.30 Å². The molecule has 0 unspecified atom stereocenters. The summed E-state index contributed by atoms with van der Waals surface area (Å²) in [5, 5.41) is 2.17. The zero-order valence-corrected chi connectivity index (χ0v) is 38.3. The molecule has 0 spiro atoms. The highest BCUT2D eigenvalue weighted by atomic mass is 16.5. The van der Waals surface area contributed by atoms with Crippen molar-refractivity contribution in [2.24, 2.45) is 0 Å². The molecule has 0 aliphatic rings. The Morgan fingerprint density at radius 1 is 0.554 bits per heavy atom. The van der Waals surface area contributed by atoms with Gasteiger partial charge in [-0.15, -0.1) is 0 Å². The summed E-state index contributed by atoms with van der Waals surface area (Å²) in [4.78, 5) is 4.85. The SMILES string of the molecule is [2H]c1c([2H])c([2H])c(-c2cccc(-c3c([2H])c(C(C)(C)C)c([2H])c(C(C)(C)C)c3[2H])c2-[n+]2[c-]n(-c3cccc(Oc4ccc5c6ccccc6n(-c6cc(C(C)(C)C)ccn6)c5c4)c3)c3ccccc32)c([2H])c1[2H]. The molecule has 0 amide bonds. The molecule has 5 heteroatoms. The van der Waals surface area contributed by atoms with Crippen LogP contribution in [0.4, 0.5) is 0 Å². The van der Waals surface area contributed by atoms with Crippen molar-refractivity contribution in [1.82, 2.24) is 14.1 Å². The molecule has 0 N–H and O–H groups in total. The molecule has 0 aliphatic carbocycles. The second-order valence-electron chi connectivity index (χ2n) is 19.7. The van der Waals surface area contributed by atoms with Crippen LogP contribution in [0, 0.1) is 6.33 Å². The molecular formula is C60H56N4O. The van der Waals surface area contributed by atoms with E-state index in [1.807, 2.05) is 125 Å². The Morgan fingerprint density at radius 3 is 1.91 bits per heavy atom. The number of rotatable bonds is 7. The fourth-order valence-corrected chi connectivity index (χ4v) is 8.43. The Bertz CT molecular complexity index is 3820. The highest BCUT2D eigenvalue weighted by Crippen LogP contribution is 2.40. The van der Waals surface area contributed by atoms with Crippen molar-refractivity contribution in [2.75, 3.05) is 0 Å². The molecule has 0 saturated heterocycles. The quantitative estimate of drug-likeness (QED) is 0.118. The maximum absolute atomic E-state index is 9.87. The highest BCUT2D eigenvalue weighted by molar-refractivity contribution is 6.09. The Balaban J connectivity index is 1.18. The molecule has 10 aromatic rings. The summed E-state index contributed by atoms with van der Waals surface area (Å²) in [7, 11) is 0. The number of nitrogens with zero attached hydrogens (tertiary/aromatic N) is 4. The minimum atomic E-state index is -0.664. The van der Waals surface area contributed by atoms with Gasteiger partial charge in [0, 0.05) is 23.0 Å². The van der Waals surface area contributed by atoms with Gasteiger partial charge in [-0.25, -0.2) is 4.98 Å². The molecule has 0 radical (unpaired) electrons. The lowest BCUT2D eigenvalue weighted by Gasteiger charge is -2.27. The first-order chi connectivity index (χ1) is 34.5. The van der Waals surface area contributed by atoms with Crippen LogP contribution in [0.15, 0.2) is 176 Å². The van der Waals surface area contributed by atoms with Crippen LogP contribution in [0.25, 0.3) is 72.3 Å². The van der Waals surface area contributed by atoms with Gasteiger partial charge >= 0.3 is 0 Å². The van der Waals surface area contributed by atoms with Gasteiger partial charge in [0.05, 0.1) is 44.4 Å². The summed E-state index contributed by atoms with van der Waals surface area (Å²) in [6, 6.07) is 37.1. The number of hydrogen-bond acceptors (Lipinski definition) is 2. The lowest BCUT2D eigenvalue weighted by molar-refractivity contribution is -0.571. The van der Waals surface area contributed by atoms with Gasteiger partial charge in [0.1, 0.15) is 17.3 Å². The average Bonchev–Trinajstić information content (AvgIpc) is 3.88. The van der Waals surface area contributed by atoms with E-state index >= 15 is 0 Å². The van der Waals surface area contributed by atoms with E-state index in [1.165, 1.54) is 5.56 Å². The molecule has 322 valence electrons. The van der Waals surface area contributed by atoms with E-state index in [4.69, 9.17) is 13.8 Å². The van der Waals surface area contributed by atoms with Gasteiger partial charge in [0.25, 0.3) is 6.33 Å². The van der Waals surface area contributed by atoms with E-state index in [0.29, 0.717) is 45.1 Å². The monoisotopic (exact) mass is 856 g/mol. The maximum atomic E-state index is 9.87. The summed E-state index contributed by atoms with van der Waals surface area (Å²) in [6.45, 7) is 18.3. The Kier molecular flexibility index (Phi) is 8.08. The largest absolute Gasteiger partial charge is 0.458 e. The molecule has 3 aromatic heterocycles. The predicted octanol–water partition coefficient (Wildman–Crippen LogP) is 15.2. The molecular weight excluding hydrogens is 793 g/mol. The summed E-state index contributed by atoms with van der Waals surface area (Å²) < 4.78 is 86.2. The Labute approximate surface area is 394 Å². The zero-order chi connectivity index (χ0) is 52.2. The lowest BCUT2D eigenvalue weighted by Crippen LogP contribution is -2.31. The van der Waals surface area contributed by atoms with E-state index < -0.39 is 41.0 Å². The normalized spacial score (nSPS) is 14.1. The molecule has 0 saturated carbocycles. The third-order valence-electron chi connectivity index (χ3n) is 11.9. The predicted molar refractivity (Wildman–Crippen MR) is 269 cm³/mol. The van der Waals surface area contributed by atoms with E-state index in [9.17, 15) is 6.85 Å². The smallest absolute Gasteiger partial charge is 0.269 e. The van der Waals surface area contributed by atoms with E-state index in [-0.39, 0.29) is 40.2 Å². The number of hydrogen-bond donors (Lipinski definition) is 0. The van der Waals surface area contributed by atoms with Crippen molar-refractivity contribution in [1.29, 1.82) is 0 Å². The van der Waals surface area contributed by atoms with E-state index in [2.05, 4.69) is 62.0 Å². The van der Waals surface area contributed by atoms with Gasteiger partial charge < -0.3 is 4.74 Å². The number of benzene rings is 7. The molecule has 10 rings (SSSR count). The summed E-state index contributed by atoms with van der Waals surface area (Å²) >= 11 is 0. The molecule has 7 aromatic carbocycles. The van der Waals surface area contributed by atoms with Crippen molar-refractivity contribution in [3.05, 3.63) is 199 Å². The first-order valence-electron chi connectivity index (χ1n) is 26.1. The lowest BCUT2D eigenvalue weighted by atomic mass is 9.78. The van der Waals surface area contributed by atoms with Crippen molar-refractivity contribution in [3.8, 4) is 50.9 Å². The zero-order valence-electron chi connectivity index (χ0n) is 46.3. The molecule has 65 heavy (non-hydrogen) atoms. The van der Waals surface area contributed by atoms with Crippen molar-refractivity contribution < 1.29 is 20.3 Å². The third kappa shape index (κ3) is 7.80. The molecule has 0 fully saturated rings. The number of para-hydroxylation sites is 4. The minimum Gasteiger partial charge on any atom is -0.458 e. The van der Waals surface area contributed by atoms with Crippen LogP contribution in [0.1, 0.15) is 90.0 Å². The van der Waals surface area contributed by atoms with Gasteiger partial charge in [-0.1, -0.05) is 177 Å². The second kappa shape index (κ2) is 15.8. The standard InChI is InChI=1S/C60H56N4O/c1-58(2,3)42-31-32-61-56(36-42)64-52-26-14-13-23-50(52)51-30-29-47(38-55(51)64)65-46-22-17-21-45(37-46)62-39-63(54-28-16-15-27-53(54)62)57-48(40-19-11-10-12-20-40)24-18-25-49(57)41-33-43(59(4,5)6)35-44(34-41)60(7,8)9/h10-38H,1-9H3/i10D,11D,12D,19D,20D,33D,34D,35D. The summed E-state index contributed by atoms with van der Waals surface area (Å²) in [6.07, 6.45) is 5.45. The van der Waals surface area contributed by atoms with Crippen LogP contribution in [0.5, 0.6) is 11.5 Å². The molecule has 5 nitrogen and oxygen atoms in total. The topological polar surface area (TPSA) is 35.9 Å². The van der Waals surface area contributed by atoms with Gasteiger partial charge in [-0.3, -0.25) is 13.7 Å². The van der Waals surface area contributed by atoms with Gasteiger partial charge in [-0.05, 0) is 104 Å². The second-order valence-corrected chi connectivity index (χ2v) is 19.7. The van der Waals surface area contributed by atoms with Crippen molar-refractivity contribution in [3.63, 3.8) is 0 Å². The van der Waals surface area contributed by atoms with Crippen LogP contribution in [-0.2, 0) is 16.2 Å². The third-order valence-corrected chi connectivity index (χ3v) is 11.9. The molecule has 0 aliphatic heterocycles. The first-order valence-corrected chi connectivity index (χ1v) is 22.1. The molecule has 0 atom stereocenters.